The Morgan fingerprint density at radius 2 is 1.59 bits per heavy atom. The minimum atomic E-state index is -0.639. The number of ether oxygens (including phenoxy) is 2. The Bertz CT molecular complexity index is 1130. The van der Waals surface area contributed by atoms with Crippen LogP contribution < -0.4 is 4.74 Å². The highest BCUT2D eigenvalue weighted by atomic mass is 16.6. The van der Waals surface area contributed by atoms with Gasteiger partial charge in [0.05, 0.1) is 7.11 Å². The van der Waals surface area contributed by atoms with Gasteiger partial charge in [0.2, 0.25) is 5.91 Å². The van der Waals surface area contributed by atoms with E-state index in [1.807, 2.05) is 37.8 Å². The minimum Gasteiger partial charge on any atom is -0.497 e. The number of carbonyl (C=O) groups is 2. The van der Waals surface area contributed by atoms with Crippen LogP contribution >= 0.6 is 0 Å². The molecule has 2 aromatic carbocycles. The Kier molecular flexibility index (Phi) is 8.60. The quantitative estimate of drug-likeness (QED) is 0.457. The van der Waals surface area contributed by atoms with E-state index >= 15 is 0 Å². The highest BCUT2D eigenvalue weighted by Crippen LogP contribution is 2.45. The summed E-state index contributed by atoms with van der Waals surface area (Å²) in [5.41, 5.74) is 2.42. The van der Waals surface area contributed by atoms with Gasteiger partial charge < -0.3 is 19.3 Å². The van der Waals surface area contributed by atoms with E-state index in [0.29, 0.717) is 38.4 Å². The Morgan fingerprint density at radius 3 is 2.13 bits per heavy atom. The number of likely N-dealkylation sites (N-methyl/N-ethyl adjacent to an activating group) is 1. The van der Waals surface area contributed by atoms with E-state index in [-0.39, 0.29) is 18.2 Å². The van der Waals surface area contributed by atoms with E-state index in [1.165, 1.54) is 5.56 Å². The summed E-state index contributed by atoms with van der Waals surface area (Å²) in [6.07, 6.45) is 2.50. The van der Waals surface area contributed by atoms with Gasteiger partial charge in [0.25, 0.3) is 0 Å². The molecule has 7 nitrogen and oxygen atoms in total. The van der Waals surface area contributed by atoms with E-state index in [9.17, 15) is 9.59 Å². The standard InChI is InChI=1S/C32H45N3O4/c1-23(2)22-25-8-12-26(13-9-25)28-33(6)32(17-20-34(21-18-32)30(37)39-31(3,4)5)29(36)35(28)19-16-24-10-14-27(38-7)15-11-24/h8-15,23,28H,16-22H2,1-7H3. The molecule has 2 fully saturated rings. The molecule has 1 spiro atoms. The van der Waals surface area contributed by atoms with Crippen molar-refractivity contribution in [3.05, 3.63) is 65.2 Å². The summed E-state index contributed by atoms with van der Waals surface area (Å²) in [5, 5.41) is 0. The van der Waals surface area contributed by atoms with Crippen molar-refractivity contribution in [3.63, 3.8) is 0 Å². The van der Waals surface area contributed by atoms with Crippen molar-refractivity contribution in [2.45, 2.75) is 77.6 Å². The first-order valence-corrected chi connectivity index (χ1v) is 14.2. The van der Waals surface area contributed by atoms with Crippen LogP contribution in [-0.2, 0) is 22.4 Å². The lowest BCUT2D eigenvalue weighted by Gasteiger charge is -2.42. The van der Waals surface area contributed by atoms with Gasteiger partial charge in [-0.3, -0.25) is 9.69 Å². The van der Waals surface area contributed by atoms with Gasteiger partial charge in [-0.05, 0) is 88.2 Å². The first-order valence-electron chi connectivity index (χ1n) is 14.2. The zero-order valence-electron chi connectivity index (χ0n) is 24.7. The number of amides is 2. The molecule has 1 atom stereocenters. The molecule has 2 aromatic rings. The van der Waals surface area contributed by atoms with Crippen molar-refractivity contribution in [1.29, 1.82) is 0 Å². The van der Waals surface area contributed by atoms with Crippen LogP contribution in [0.3, 0.4) is 0 Å². The molecule has 2 saturated heterocycles. The number of benzene rings is 2. The van der Waals surface area contributed by atoms with Gasteiger partial charge in [0.1, 0.15) is 23.1 Å². The number of methoxy groups -OCH3 is 1. The lowest BCUT2D eigenvalue weighted by atomic mass is 9.86. The van der Waals surface area contributed by atoms with Gasteiger partial charge >= 0.3 is 6.09 Å². The molecule has 2 aliphatic heterocycles. The van der Waals surface area contributed by atoms with Crippen LogP contribution in [0.2, 0.25) is 0 Å². The van der Waals surface area contributed by atoms with Gasteiger partial charge in [-0.1, -0.05) is 50.2 Å². The summed E-state index contributed by atoms with van der Waals surface area (Å²) < 4.78 is 10.9. The molecule has 2 heterocycles. The van der Waals surface area contributed by atoms with Gasteiger partial charge in [-0.2, -0.15) is 0 Å². The molecular formula is C32H45N3O4. The minimum absolute atomic E-state index is 0.151. The summed E-state index contributed by atoms with van der Waals surface area (Å²) in [5.74, 6) is 1.57. The summed E-state index contributed by atoms with van der Waals surface area (Å²) in [6, 6.07) is 16.8. The molecule has 0 saturated carbocycles. The third kappa shape index (κ3) is 6.40. The van der Waals surface area contributed by atoms with Gasteiger partial charge in [0.15, 0.2) is 0 Å². The largest absolute Gasteiger partial charge is 0.497 e. The van der Waals surface area contributed by atoms with Crippen molar-refractivity contribution in [1.82, 2.24) is 14.7 Å². The molecule has 212 valence electrons. The van der Waals surface area contributed by atoms with Crippen LogP contribution in [0.4, 0.5) is 4.79 Å². The number of likely N-dealkylation sites (tertiary alicyclic amines) is 1. The SMILES string of the molecule is COc1ccc(CCN2C(=O)C3(CCN(C(=O)OC(C)(C)C)CC3)N(C)C2c2ccc(CC(C)C)cc2)cc1. The number of piperidine rings is 1. The summed E-state index contributed by atoms with van der Waals surface area (Å²) in [6.45, 7) is 11.7. The smallest absolute Gasteiger partial charge is 0.410 e. The fourth-order valence-corrected chi connectivity index (χ4v) is 5.89. The van der Waals surface area contributed by atoms with Crippen molar-refractivity contribution in [2.75, 3.05) is 33.8 Å². The molecule has 0 bridgehead atoms. The first-order chi connectivity index (χ1) is 18.4. The predicted octanol–water partition coefficient (Wildman–Crippen LogP) is 5.68. The molecule has 0 aromatic heterocycles. The van der Waals surface area contributed by atoms with E-state index in [0.717, 1.165) is 29.7 Å². The molecular weight excluding hydrogens is 490 g/mol. The van der Waals surface area contributed by atoms with Crippen molar-refractivity contribution < 1.29 is 19.1 Å². The molecule has 0 N–H and O–H groups in total. The fourth-order valence-electron chi connectivity index (χ4n) is 5.89. The van der Waals surface area contributed by atoms with Crippen molar-refractivity contribution in [3.8, 4) is 5.75 Å². The average Bonchev–Trinajstić information content (AvgIpc) is 3.08. The van der Waals surface area contributed by atoms with Gasteiger partial charge in [0, 0.05) is 19.6 Å². The Hall–Kier alpha value is -3.06. The summed E-state index contributed by atoms with van der Waals surface area (Å²) in [4.78, 5) is 33.0. The van der Waals surface area contributed by atoms with E-state index in [4.69, 9.17) is 9.47 Å². The van der Waals surface area contributed by atoms with Crippen LogP contribution in [0, 0.1) is 5.92 Å². The number of rotatable bonds is 7. The molecule has 1 unspecified atom stereocenters. The van der Waals surface area contributed by atoms with Crippen LogP contribution in [0.5, 0.6) is 5.75 Å². The first kappa shape index (κ1) is 28.9. The third-order valence-electron chi connectivity index (χ3n) is 7.96. The molecule has 0 aliphatic carbocycles. The molecule has 0 radical (unpaired) electrons. The normalized spacial score (nSPS) is 19.7. The molecule has 4 rings (SSSR count). The summed E-state index contributed by atoms with van der Waals surface area (Å²) >= 11 is 0. The second-order valence-electron chi connectivity index (χ2n) is 12.4. The lowest BCUT2D eigenvalue weighted by molar-refractivity contribution is -0.135. The average molecular weight is 536 g/mol. The maximum atomic E-state index is 14.2. The van der Waals surface area contributed by atoms with Crippen molar-refractivity contribution in [2.24, 2.45) is 5.92 Å². The topological polar surface area (TPSA) is 62.3 Å². The number of carbonyl (C=O) groups excluding carboxylic acids is 2. The van der Waals surface area contributed by atoms with E-state index < -0.39 is 11.1 Å². The Balaban J connectivity index is 1.57. The van der Waals surface area contributed by atoms with Crippen LogP contribution in [-0.4, -0.2) is 71.6 Å². The van der Waals surface area contributed by atoms with Gasteiger partial charge in [-0.15, -0.1) is 0 Å². The molecule has 7 heteroatoms. The Morgan fingerprint density at radius 1 is 1.00 bits per heavy atom. The maximum Gasteiger partial charge on any atom is 0.410 e. The number of hydrogen-bond acceptors (Lipinski definition) is 5. The highest BCUT2D eigenvalue weighted by Gasteiger charge is 2.57. The number of nitrogens with zero attached hydrogens (tertiary/aromatic N) is 3. The number of hydrogen-bond donors (Lipinski definition) is 0. The Labute approximate surface area is 234 Å². The zero-order valence-corrected chi connectivity index (χ0v) is 24.7. The van der Waals surface area contributed by atoms with Crippen LogP contribution in [0.25, 0.3) is 0 Å². The fraction of sp³-hybridized carbons (Fsp3) is 0.562. The highest BCUT2D eigenvalue weighted by molar-refractivity contribution is 5.89. The van der Waals surface area contributed by atoms with E-state index in [1.54, 1.807) is 12.0 Å². The summed E-state index contributed by atoms with van der Waals surface area (Å²) in [7, 11) is 3.74. The maximum absolute atomic E-state index is 14.2. The van der Waals surface area contributed by atoms with Gasteiger partial charge in [-0.25, -0.2) is 4.79 Å². The third-order valence-corrected chi connectivity index (χ3v) is 7.96. The van der Waals surface area contributed by atoms with Crippen LogP contribution in [0.1, 0.15) is 70.3 Å². The zero-order chi connectivity index (χ0) is 28.4. The molecule has 39 heavy (non-hydrogen) atoms. The van der Waals surface area contributed by atoms with E-state index in [2.05, 4.69) is 62.2 Å². The second kappa shape index (κ2) is 11.6. The predicted molar refractivity (Wildman–Crippen MR) is 154 cm³/mol. The second-order valence-corrected chi connectivity index (χ2v) is 12.4. The monoisotopic (exact) mass is 535 g/mol. The lowest BCUT2D eigenvalue weighted by Crippen LogP contribution is -2.56. The molecule has 2 amide bonds. The molecule has 2 aliphatic rings. The van der Waals surface area contributed by atoms with Crippen molar-refractivity contribution >= 4 is 12.0 Å². The van der Waals surface area contributed by atoms with Crippen LogP contribution in [0.15, 0.2) is 48.5 Å².